The van der Waals surface area contributed by atoms with Crippen molar-refractivity contribution in [1.29, 1.82) is 0 Å². The fourth-order valence-corrected chi connectivity index (χ4v) is 7.53. The molecule has 1 heterocycles. The Morgan fingerprint density at radius 3 is 1.49 bits per heavy atom. The molecular weight excluding hydrogens is 675 g/mol. The monoisotopic (exact) mass is 768 g/mol. The van der Waals surface area contributed by atoms with Crippen molar-refractivity contribution in [3.05, 3.63) is 48.6 Å². The number of hydrogen-bond acceptors (Lipinski definition) is 4. The molecule has 0 aromatic rings. The van der Waals surface area contributed by atoms with Gasteiger partial charge in [-0.25, -0.2) is 0 Å². The lowest BCUT2D eigenvalue weighted by atomic mass is 9.98. The number of ether oxygens (including phenoxy) is 2. The van der Waals surface area contributed by atoms with Crippen LogP contribution in [0, 0.1) is 5.92 Å². The summed E-state index contributed by atoms with van der Waals surface area (Å²) in [6.45, 7) is 11.4. The predicted molar refractivity (Wildman–Crippen MR) is 242 cm³/mol. The highest BCUT2D eigenvalue weighted by atomic mass is 16.7. The number of rotatable bonds is 40. The Morgan fingerprint density at radius 2 is 1.02 bits per heavy atom. The van der Waals surface area contributed by atoms with E-state index >= 15 is 0 Å². The van der Waals surface area contributed by atoms with E-state index in [2.05, 4.69) is 74.4 Å². The number of hydrogen-bond donors (Lipinski definition) is 0. The van der Waals surface area contributed by atoms with Gasteiger partial charge in [0, 0.05) is 31.7 Å². The average Bonchev–Trinajstić information content (AvgIpc) is 3.59. The normalized spacial score (nSPS) is 16.2. The van der Waals surface area contributed by atoms with Crippen LogP contribution in [0.3, 0.4) is 0 Å². The van der Waals surface area contributed by atoms with Crippen molar-refractivity contribution in [2.45, 2.75) is 239 Å². The third-order valence-corrected chi connectivity index (χ3v) is 11.4. The third-order valence-electron chi connectivity index (χ3n) is 11.4. The summed E-state index contributed by atoms with van der Waals surface area (Å²) in [5.41, 5.74) is 0. The van der Waals surface area contributed by atoms with Gasteiger partial charge in [-0.1, -0.05) is 160 Å². The minimum atomic E-state index is -0.364. The van der Waals surface area contributed by atoms with Crippen molar-refractivity contribution >= 4 is 5.78 Å². The van der Waals surface area contributed by atoms with Crippen molar-refractivity contribution in [2.75, 3.05) is 26.7 Å². The Balaban J connectivity index is 2.34. The maximum absolute atomic E-state index is 11.9. The summed E-state index contributed by atoms with van der Waals surface area (Å²) in [4.78, 5) is 14.4. The molecule has 1 aliphatic rings. The van der Waals surface area contributed by atoms with E-state index in [0.29, 0.717) is 5.78 Å². The van der Waals surface area contributed by atoms with Crippen LogP contribution in [0.2, 0.25) is 0 Å². The molecule has 0 N–H and O–H groups in total. The van der Waals surface area contributed by atoms with E-state index in [4.69, 9.17) is 9.47 Å². The molecule has 1 unspecified atom stereocenters. The second-order valence-corrected chi connectivity index (χ2v) is 17.2. The van der Waals surface area contributed by atoms with Crippen LogP contribution in [-0.2, 0) is 14.3 Å². The number of carbonyl (C=O) groups is 1. The van der Waals surface area contributed by atoms with E-state index in [9.17, 15) is 4.79 Å². The van der Waals surface area contributed by atoms with Crippen LogP contribution >= 0.6 is 0 Å². The van der Waals surface area contributed by atoms with E-state index in [1.165, 1.54) is 141 Å². The summed E-state index contributed by atoms with van der Waals surface area (Å²) < 4.78 is 13.4. The number of nitrogens with zero attached hydrogens (tertiary/aromatic N) is 1. The highest BCUT2D eigenvalue weighted by molar-refractivity contribution is 5.80. The molecule has 55 heavy (non-hydrogen) atoms. The molecule has 0 radical (unpaired) electrons. The van der Waals surface area contributed by atoms with Gasteiger partial charge in [0.1, 0.15) is 5.78 Å². The summed E-state index contributed by atoms with van der Waals surface area (Å²) in [6, 6.07) is 0. The van der Waals surface area contributed by atoms with E-state index < -0.39 is 0 Å². The average molecular weight is 768 g/mol. The summed E-state index contributed by atoms with van der Waals surface area (Å²) >= 11 is 0. The Morgan fingerprint density at radius 1 is 0.582 bits per heavy atom. The van der Waals surface area contributed by atoms with Gasteiger partial charge in [0.25, 0.3) is 0 Å². The van der Waals surface area contributed by atoms with E-state index in [1.54, 1.807) is 0 Å². The van der Waals surface area contributed by atoms with Crippen molar-refractivity contribution in [2.24, 2.45) is 5.92 Å². The SMILES string of the molecule is CCCCC/C=C\C/C=C\CCCCCCCCC1(CCCCCCCC/C=C\C/C=C\CCCCC)OCC(CCN(C)CCCCCC(=O)C(C)C)O1. The van der Waals surface area contributed by atoms with Gasteiger partial charge in [0.15, 0.2) is 5.79 Å². The summed E-state index contributed by atoms with van der Waals surface area (Å²) in [7, 11) is 2.23. The molecule has 1 rings (SSSR count). The first-order valence-corrected chi connectivity index (χ1v) is 24.1. The number of ketones is 1. The van der Waals surface area contributed by atoms with Gasteiger partial charge >= 0.3 is 0 Å². The van der Waals surface area contributed by atoms with Gasteiger partial charge in [0.05, 0.1) is 12.7 Å². The van der Waals surface area contributed by atoms with Gasteiger partial charge in [-0.2, -0.15) is 0 Å². The van der Waals surface area contributed by atoms with E-state index in [0.717, 1.165) is 77.5 Å². The molecule has 0 aliphatic carbocycles. The van der Waals surface area contributed by atoms with Gasteiger partial charge < -0.3 is 14.4 Å². The predicted octanol–water partition coefficient (Wildman–Crippen LogP) is 15.6. The molecule has 4 nitrogen and oxygen atoms in total. The molecule has 1 saturated heterocycles. The summed E-state index contributed by atoms with van der Waals surface area (Å²) in [5, 5.41) is 0. The standard InChI is InChI=1S/C51H93NO3/c1-6-8-10-12-14-16-18-20-22-24-26-28-30-32-34-38-43-51(44-39-35-33-31-29-27-25-23-21-19-17-15-13-11-9-7-2)54-47-49(55-51)42-46-52(5)45-40-36-37-41-50(53)48(3)4/h14-17,20-23,48-49H,6-13,18-19,24-47H2,1-5H3/b16-14-,17-15-,22-20-,23-21-. The molecule has 1 aliphatic heterocycles. The Hall–Kier alpha value is -1.49. The van der Waals surface area contributed by atoms with Gasteiger partial charge in [0.2, 0.25) is 0 Å². The van der Waals surface area contributed by atoms with E-state index in [1.807, 2.05) is 13.8 Å². The first kappa shape index (κ1) is 51.5. The highest BCUT2D eigenvalue weighted by Crippen LogP contribution is 2.35. The van der Waals surface area contributed by atoms with Gasteiger partial charge in [-0.15, -0.1) is 0 Å². The topological polar surface area (TPSA) is 38.8 Å². The molecule has 0 aromatic carbocycles. The van der Waals surface area contributed by atoms with Crippen LogP contribution in [0.1, 0.15) is 227 Å². The van der Waals surface area contributed by atoms with Crippen molar-refractivity contribution in [1.82, 2.24) is 4.90 Å². The van der Waals surface area contributed by atoms with Crippen LogP contribution in [-0.4, -0.2) is 49.3 Å². The highest BCUT2D eigenvalue weighted by Gasteiger charge is 2.40. The first-order chi connectivity index (χ1) is 26.9. The van der Waals surface area contributed by atoms with Crippen molar-refractivity contribution in [3.63, 3.8) is 0 Å². The molecule has 0 spiro atoms. The first-order valence-electron chi connectivity index (χ1n) is 24.1. The molecule has 0 aromatic heterocycles. The minimum Gasteiger partial charge on any atom is -0.347 e. The van der Waals surface area contributed by atoms with E-state index in [-0.39, 0.29) is 17.8 Å². The van der Waals surface area contributed by atoms with Crippen LogP contribution in [0.25, 0.3) is 0 Å². The van der Waals surface area contributed by atoms with Crippen molar-refractivity contribution < 1.29 is 14.3 Å². The lowest BCUT2D eigenvalue weighted by molar-refractivity contribution is -0.180. The largest absolute Gasteiger partial charge is 0.347 e. The van der Waals surface area contributed by atoms with Crippen LogP contribution in [0.4, 0.5) is 0 Å². The van der Waals surface area contributed by atoms with Crippen molar-refractivity contribution in [3.8, 4) is 0 Å². The number of allylic oxidation sites excluding steroid dienone is 8. The quantitative estimate of drug-likeness (QED) is 0.0460. The lowest BCUT2D eigenvalue weighted by Gasteiger charge is -2.29. The van der Waals surface area contributed by atoms with Crippen LogP contribution < -0.4 is 0 Å². The molecular formula is C51H93NO3. The van der Waals surface area contributed by atoms with Crippen LogP contribution in [0.5, 0.6) is 0 Å². The number of Topliss-reactive ketones (excluding diaryl/α,β-unsaturated/α-hetero) is 1. The lowest BCUT2D eigenvalue weighted by Crippen LogP contribution is -2.32. The second-order valence-electron chi connectivity index (χ2n) is 17.2. The Bertz CT molecular complexity index is 917. The number of unbranched alkanes of at least 4 members (excludes halogenated alkanes) is 20. The second kappa shape index (κ2) is 38.1. The minimum absolute atomic E-state index is 0.170. The zero-order valence-electron chi connectivity index (χ0n) is 37.5. The maximum atomic E-state index is 11.9. The third kappa shape index (κ3) is 32.2. The zero-order chi connectivity index (χ0) is 39.9. The molecule has 320 valence electrons. The summed E-state index contributed by atoms with van der Waals surface area (Å²) in [6.07, 6.45) is 56.9. The smallest absolute Gasteiger partial charge is 0.168 e. The maximum Gasteiger partial charge on any atom is 0.168 e. The number of carbonyl (C=O) groups excluding carboxylic acids is 1. The Labute approximate surface area is 343 Å². The summed E-state index contributed by atoms with van der Waals surface area (Å²) in [5.74, 6) is 0.210. The molecule has 1 atom stereocenters. The van der Waals surface area contributed by atoms with Gasteiger partial charge in [-0.05, 0) is 110 Å². The fourth-order valence-electron chi connectivity index (χ4n) is 7.53. The molecule has 0 amide bonds. The molecule has 1 fully saturated rings. The Kier molecular flexibility index (Phi) is 35.6. The molecule has 4 heteroatoms. The molecule has 0 bridgehead atoms. The zero-order valence-corrected chi connectivity index (χ0v) is 37.5. The molecule has 0 saturated carbocycles. The fraction of sp³-hybridized carbons (Fsp3) is 0.824. The van der Waals surface area contributed by atoms with Crippen LogP contribution in [0.15, 0.2) is 48.6 Å². The van der Waals surface area contributed by atoms with Gasteiger partial charge in [-0.3, -0.25) is 4.79 Å².